The topological polar surface area (TPSA) is 22.1 Å². The molecule has 0 aliphatic carbocycles. The Kier molecular flexibility index (Phi) is 2.48. The summed E-state index contributed by atoms with van der Waals surface area (Å²) in [6.07, 6.45) is 0. The van der Waals surface area contributed by atoms with Crippen molar-refractivity contribution in [1.82, 2.24) is 4.98 Å². The first kappa shape index (κ1) is 7.78. The van der Waals surface area contributed by atoms with Gasteiger partial charge in [0.15, 0.2) is 23.0 Å². The average molecular weight is 249 g/mol. The van der Waals surface area contributed by atoms with Gasteiger partial charge in [-0.3, -0.25) is 0 Å². The summed E-state index contributed by atoms with van der Waals surface area (Å²) in [6.45, 7) is 3.97. The van der Waals surface area contributed by atoms with E-state index in [-0.39, 0.29) is 0 Å². The van der Waals surface area contributed by atoms with Crippen molar-refractivity contribution in [3.8, 4) is 5.88 Å². The van der Waals surface area contributed by atoms with Crippen molar-refractivity contribution >= 4 is 23.0 Å². The van der Waals surface area contributed by atoms with Gasteiger partial charge in [0.2, 0.25) is 5.88 Å². The molecule has 0 saturated carbocycles. The molecule has 1 aromatic heterocycles. The van der Waals surface area contributed by atoms with E-state index >= 15 is 0 Å². The van der Waals surface area contributed by atoms with Gasteiger partial charge in [-0.15, -0.1) is 0 Å². The number of halogens is 1. The first-order valence-electron chi connectivity index (χ1n) is 2.96. The highest BCUT2D eigenvalue weighted by Crippen LogP contribution is 2.12. The molecule has 0 radical (unpaired) electrons. The van der Waals surface area contributed by atoms with Gasteiger partial charge in [-0.2, -0.15) is 0 Å². The van der Waals surface area contributed by atoms with Gasteiger partial charge in [0, 0.05) is 11.8 Å². The second-order valence-corrected chi connectivity index (χ2v) is 2.64. The minimum absolute atomic E-state index is 0.679. The van der Waals surface area contributed by atoms with Crippen LogP contribution in [0.4, 0.5) is 0 Å². The van der Waals surface area contributed by atoms with Crippen LogP contribution in [-0.2, 0) is 0 Å². The predicted molar refractivity (Wildman–Crippen MR) is 48.4 cm³/mol. The number of nitrogens with zero attached hydrogens (tertiary/aromatic N) is 1. The van der Waals surface area contributed by atoms with E-state index in [4.69, 9.17) is 3.07 Å². The van der Waals surface area contributed by atoms with Crippen LogP contribution in [0.5, 0.6) is 5.88 Å². The summed E-state index contributed by atoms with van der Waals surface area (Å²) >= 11 is 1.82. The molecule has 1 rings (SSSR count). The number of rotatable bonds is 1. The van der Waals surface area contributed by atoms with Crippen LogP contribution in [0.25, 0.3) is 0 Å². The fraction of sp³-hybridized carbons (Fsp3) is 0.286. The van der Waals surface area contributed by atoms with Crippen LogP contribution in [0.1, 0.15) is 11.3 Å². The van der Waals surface area contributed by atoms with E-state index in [0.29, 0.717) is 5.88 Å². The van der Waals surface area contributed by atoms with Gasteiger partial charge in [0.05, 0.1) is 0 Å². The van der Waals surface area contributed by atoms with E-state index in [1.54, 1.807) is 0 Å². The molecule has 1 heterocycles. The first-order valence-corrected chi connectivity index (χ1v) is 3.84. The molecule has 0 bridgehead atoms. The third-order valence-electron chi connectivity index (χ3n) is 1.15. The maximum atomic E-state index is 4.93. The van der Waals surface area contributed by atoms with Gasteiger partial charge < -0.3 is 3.07 Å². The summed E-state index contributed by atoms with van der Waals surface area (Å²) in [4.78, 5) is 4.12. The Morgan fingerprint density at radius 2 is 2.10 bits per heavy atom. The molecule has 1 aromatic rings. The minimum Gasteiger partial charge on any atom is -0.408 e. The highest BCUT2D eigenvalue weighted by atomic mass is 127. The maximum absolute atomic E-state index is 4.93. The lowest BCUT2D eigenvalue weighted by Crippen LogP contribution is -1.85. The van der Waals surface area contributed by atoms with Crippen molar-refractivity contribution in [2.24, 2.45) is 0 Å². The van der Waals surface area contributed by atoms with Crippen molar-refractivity contribution in [2.45, 2.75) is 13.8 Å². The zero-order valence-corrected chi connectivity index (χ0v) is 8.05. The van der Waals surface area contributed by atoms with E-state index in [0.717, 1.165) is 5.69 Å². The predicted octanol–water partition coefficient (Wildman–Crippen LogP) is 2.43. The lowest BCUT2D eigenvalue weighted by Gasteiger charge is -1.98. The van der Waals surface area contributed by atoms with Crippen molar-refractivity contribution in [3.05, 3.63) is 23.4 Å². The molecule has 0 fully saturated rings. The van der Waals surface area contributed by atoms with Crippen LogP contribution in [0.15, 0.2) is 12.1 Å². The van der Waals surface area contributed by atoms with Crippen molar-refractivity contribution in [2.75, 3.05) is 0 Å². The summed E-state index contributed by atoms with van der Waals surface area (Å²) in [5.74, 6) is 0.679. The van der Waals surface area contributed by atoms with Crippen molar-refractivity contribution < 1.29 is 3.07 Å². The Hall–Kier alpha value is -0.320. The second kappa shape index (κ2) is 3.18. The maximum Gasteiger partial charge on any atom is 0.225 e. The molecule has 0 amide bonds. The van der Waals surface area contributed by atoms with Gasteiger partial charge in [0.1, 0.15) is 0 Å². The normalized spacial score (nSPS) is 9.50. The average Bonchev–Trinajstić information content (AvgIpc) is 1.85. The molecule has 0 aliphatic rings. The van der Waals surface area contributed by atoms with E-state index in [1.807, 2.05) is 49.0 Å². The molecule has 0 N–H and O–H groups in total. The lowest BCUT2D eigenvalue weighted by atomic mass is 10.2. The van der Waals surface area contributed by atoms with Gasteiger partial charge >= 0.3 is 0 Å². The van der Waals surface area contributed by atoms with Gasteiger partial charge in [-0.05, 0) is 25.5 Å². The van der Waals surface area contributed by atoms with Crippen LogP contribution in [-0.4, -0.2) is 4.98 Å². The second-order valence-electron chi connectivity index (χ2n) is 2.20. The SMILES string of the molecule is Cc1cc(C)nc(OI)c1. The molecule has 2 nitrogen and oxygen atoms in total. The van der Waals surface area contributed by atoms with Crippen LogP contribution >= 0.6 is 23.0 Å². The quantitative estimate of drug-likeness (QED) is 0.713. The van der Waals surface area contributed by atoms with E-state index in [9.17, 15) is 0 Å². The van der Waals surface area contributed by atoms with Crippen LogP contribution in [0, 0.1) is 13.8 Å². The standard InChI is InChI=1S/C7H8INO/c1-5-3-6(2)9-7(4-5)10-8/h3-4H,1-2H3. The molecule has 54 valence electrons. The fourth-order valence-electron chi connectivity index (χ4n) is 0.844. The molecular formula is C7H8INO. The number of hydrogen-bond donors (Lipinski definition) is 0. The Labute approximate surface area is 74.3 Å². The van der Waals surface area contributed by atoms with Gasteiger partial charge in [-0.25, -0.2) is 4.98 Å². The Morgan fingerprint density at radius 1 is 1.40 bits per heavy atom. The summed E-state index contributed by atoms with van der Waals surface area (Å²) < 4.78 is 4.93. The summed E-state index contributed by atoms with van der Waals surface area (Å²) in [5.41, 5.74) is 2.17. The van der Waals surface area contributed by atoms with E-state index in [1.165, 1.54) is 5.56 Å². The third kappa shape index (κ3) is 1.83. The van der Waals surface area contributed by atoms with Gasteiger partial charge in [0.25, 0.3) is 0 Å². The zero-order valence-electron chi connectivity index (χ0n) is 5.89. The molecule has 0 aromatic carbocycles. The van der Waals surface area contributed by atoms with Crippen LogP contribution in [0.3, 0.4) is 0 Å². The lowest BCUT2D eigenvalue weighted by molar-refractivity contribution is 0.676. The number of pyridine rings is 1. The molecule has 3 heteroatoms. The first-order chi connectivity index (χ1) is 4.72. The highest BCUT2D eigenvalue weighted by Gasteiger charge is 1.94. The molecule has 0 aliphatic heterocycles. The zero-order chi connectivity index (χ0) is 7.56. The molecule has 0 saturated heterocycles. The largest absolute Gasteiger partial charge is 0.408 e. The monoisotopic (exact) mass is 249 g/mol. The Bertz CT molecular complexity index is 217. The fourth-order valence-corrected chi connectivity index (χ4v) is 1.07. The summed E-state index contributed by atoms with van der Waals surface area (Å²) in [6, 6.07) is 3.92. The van der Waals surface area contributed by atoms with E-state index in [2.05, 4.69) is 4.98 Å². The number of aromatic nitrogens is 1. The molecule has 0 spiro atoms. The highest BCUT2D eigenvalue weighted by molar-refractivity contribution is 14.1. The molecular weight excluding hydrogens is 241 g/mol. The van der Waals surface area contributed by atoms with Crippen LogP contribution < -0.4 is 3.07 Å². The third-order valence-corrected chi connectivity index (χ3v) is 1.60. The van der Waals surface area contributed by atoms with Crippen molar-refractivity contribution in [3.63, 3.8) is 0 Å². The Balaban J connectivity index is 3.06. The summed E-state index contributed by atoms with van der Waals surface area (Å²) in [7, 11) is 0. The Morgan fingerprint density at radius 3 is 2.60 bits per heavy atom. The molecule has 0 unspecified atom stereocenters. The molecule has 10 heavy (non-hydrogen) atoms. The number of aryl methyl sites for hydroxylation is 2. The van der Waals surface area contributed by atoms with Crippen LogP contribution in [0.2, 0.25) is 0 Å². The van der Waals surface area contributed by atoms with E-state index < -0.39 is 0 Å². The molecule has 0 atom stereocenters. The smallest absolute Gasteiger partial charge is 0.225 e. The van der Waals surface area contributed by atoms with Crippen molar-refractivity contribution in [1.29, 1.82) is 0 Å². The van der Waals surface area contributed by atoms with Gasteiger partial charge in [-0.1, -0.05) is 0 Å². The minimum atomic E-state index is 0.679. The summed E-state index contributed by atoms with van der Waals surface area (Å²) in [5, 5.41) is 0. The number of hydrogen-bond acceptors (Lipinski definition) is 2.